The number of ether oxygens (including phenoxy) is 1. The van der Waals surface area contributed by atoms with Gasteiger partial charge in [0.25, 0.3) is 11.5 Å². The number of esters is 1. The molecule has 1 amide bonds. The Kier molecular flexibility index (Phi) is 6.54. The van der Waals surface area contributed by atoms with Crippen molar-refractivity contribution in [3.8, 4) is 0 Å². The quantitative estimate of drug-likeness (QED) is 0.512. The first kappa shape index (κ1) is 19.9. The summed E-state index contributed by atoms with van der Waals surface area (Å²) in [5.41, 5.74) is 1.11. The van der Waals surface area contributed by atoms with Gasteiger partial charge in [0.15, 0.2) is 6.10 Å². The first-order valence-corrected chi connectivity index (χ1v) is 11.0. The van der Waals surface area contributed by atoms with Crippen molar-refractivity contribution >= 4 is 45.2 Å². The maximum atomic E-state index is 12.4. The Hall–Kier alpha value is -1.87. The highest BCUT2D eigenvalue weighted by molar-refractivity contribution is 7.98. The van der Waals surface area contributed by atoms with Gasteiger partial charge in [0, 0.05) is 17.2 Å². The van der Waals surface area contributed by atoms with Crippen molar-refractivity contribution in [2.45, 2.75) is 51.4 Å². The lowest BCUT2D eigenvalue weighted by Crippen LogP contribution is -2.35. The Balaban J connectivity index is 1.49. The molecule has 0 saturated heterocycles. The molecule has 3 rings (SSSR count). The summed E-state index contributed by atoms with van der Waals surface area (Å²) in [7, 11) is 0. The molecule has 0 spiro atoms. The van der Waals surface area contributed by atoms with Crippen LogP contribution in [0.25, 0.3) is 10.2 Å². The van der Waals surface area contributed by atoms with Gasteiger partial charge in [0.1, 0.15) is 10.7 Å². The molecular weight excluding hydrogens is 386 g/mol. The third-order valence-electron chi connectivity index (χ3n) is 4.34. The van der Waals surface area contributed by atoms with Crippen LogP contribution in [-0.4, -0.2) is 40.2 Å². The van der Waals surface area contributed by atoms with Crippen molar-refractivity contribution in [1.29, 1.82) is 0 Å². The molecule has 0 radical (unpaired) electrons. The summed E-state index contributed by atoms with van der Waals surface area (Å²) in [6.07, 6.45) is 2.53. The molecule has 27 heavy (non-hydrogen) atoms. The lowest BCUT2D eigenvalue weighted by Gasteiger charge is -2.12. The zero-order valence-corrected chi connectivity index (χ0v) is 17.1. The topological polar surface area (TPSA) is 101 Å². The minimum Gasteiger partial charge on any atom is -0.453 e. The number of hydrogen-bond acceptors (Lipinski definition) is 7. The van der Waals surface area contributed by atoms with Gasteiger partial charge in [-0.15, -0.1) is 11.3 Å². The Bertz CT molecular complexity index is 906. The molecule has 2 aromatic rings. The molecule has 0 aromatic carbocycles. The minimum absolute atomic E-state index is 0.0647. The van der Waals surface area contributed by atoms with E-state index in [1.165, 1.54) is 22.2 Å². The van der Waals surface area contributed by atoms with Gasteiger partial charge in [-0.2, -0.15) is 11.8 Å². The highest BCUT2D eigenvalue weighted by Crippen LogP contribution is 2.34. The zero-order valence-electron chi connectivity index (χ0n) is 15.4. The summed E-state index contributed by atoms with van der Waals surface area (Å²) in [6.45, 7) is 3.86. The molecule has 9 heteroatoms. The van der Waals surface area contributed by atoms with Gasteiger partial charge in [-0.05, 0) is 38.7 Å². The molecule has 146 valence electrons. The summed E-state index contributed by atoms with van der Waals surface area (Å²) in [5.74, 6) is 0.974. The van der Waals surface area contributed by atoms with Crippen LogP contribution in [-0.2, 0) is 32.9 Å². The van der Waals surface area contributed by atoms with E-state index in [2.05, 4.69) is 15.3 Å². The number of aromatic amines is 1. The summed E-state index contributed by atoms with van der Waals surface area (Å²) >= 11 is 3.12. The van der Waals surface area contributed by atoms with E-state index in [1.807, 2.05) is 6.92 Å². The van der Waals surface area contributed by atoms with Crippen LogP contribution in [0.4, 0.5) is 0 Å². The third-order valence-corrected chi connectivity index (χ3v) is 6.50. The van der Waals surface area contributed by atoms with Crippen molar-refractivity contribution in [1.82, 2.24) is 15.3 Å². The summed E-state index contributed by atoms with van der Waals surface area (Å²) in [4.78, 5) is 45.3. The first-order valence-electron chi connectivity index (χ1n) is 9.08. The second-order valence-corrected chi connectivity index (χ2v) is 8.57. The molecule has 1 aliphatic rings. The van der Waals surface area contributed by atoms with Crippen LogP contribution in [0.15, 0.2) is 4.79 Å². The molecule has 1 atom stereocenters. The molecule has 0 aliphatic heterocycles. The number of H-pyrrole nitrogens is 1. The molecule has 0 fully saturated rings. The van der Waals surface area contributed by atoms with Gasteiger partial charge in [0.2, 0.25) is 0 Å². The van der Waals surface area contributed by atoms with E-state index in [0.29, 0.717) is 23.9 Å². The fraction of sp³-hybridized carbons (Fsp3) is 0.556. The molecule has 7 nitrogen and oxygen atoms in total. The Morgan fingerprint density at radius 2 is 2.22 bits per heavy atom. The lowest BCUT2D eigenvalue weighted by molar-refractivity contribution is -0.154. The molecule has 0 bridgehead atoms. The van der Waals surface area contributed by atoms with Crippen LogP contribution < -0.4 is 10.9 Å². The van der Waals surface area contributed by atoms with E-state index in [4.69, 9.17) is 4.74 Å². The number of thioether (sulfide) groups is 1. The van der Waals surface area contributed by atoms with E-state index in [0.717, 1.165) is 29.5 Å². The molecule has 2 heterocycles. The van der Waals surface area contributed by atoms with Crippen LogP contribution in [0, 0.1) is 0 Å². The van der Waals surface area contributed by atoms with Gasteiger partial charge < -0.3 is 15.0 Å². The van der Waals surface area contributed by atoms with Gasteiger partial charge in [-0.1, -0.05) is 0 Å². The smallest absolute Gasteiger partial charge is 0.307 e. The largest absolute Gasteiger partial charge is 0.453 e. The molecule has 0 saturated carbocycles. The van der Waals surface area contributed by atoms with Crippen molar-refractivity contribution in [2.24, 2.45) is 0 Å². The van der Waals surface area contributed by atoms with Crippen molar-refractivity contribution in [2.75, 3.05) is 12.3 Å². The Labute approximate surface area is 165 Å². The number of rotatable bonds is 8. The Morgan fingerprint density at radius 3 is 3.00 bits per heavy atom. The second kappa shape index (κ2) is 8.88. The average Bonchev–Trinajstić information content (AvgIpc) is 3.19. The first-order chi connectivity index (χ1) is 13.0. The van der Waals surface area contributed by atoms with E-state index in [9.17, 15) is 14.4 Å². The van der Waals surface area contributed by atoms with Crippen LogP contribution in [0.2, 0.25) is 0 Å². The maximum Gasteiger partial charge on any atom is 0.307 e. The maximum absolute atomic E-state index is 12.4. The van der Waals surface area contributed by atoms with Crippen LogP contribution >= 0.6 is 23.1 Å². The van der Waals surface area contributed by atoms with Crippen molar-refractivity contribution in [3.05, 3.63) is 26.6 Å². The highest BCUT2D eigenvalue weighted by Gasteiger charge is 2.21. The fourth-order valence-electron chi connectivity index (χ4n) is 3.07. The fourth-order valence-corrected chi connectivity index (χ4v) is 5.13. The monoisotopic (exact) mass is 409 g/mol. The number of carbonyl (C=O) groups excluding carboxylic acids is 2. The van der Waals surface area contributed by atoms with Crippen LogP contribution in [0.5, 0.6) is 0 Å². The average molecular weight is 410 g/mol. The summed E-state index contributed by atoms with van der Waals surface area (Å²) in [5, 5.41) is 3.36. The van der Waals surface area contributed by atoms with E-state index in [-0.39, 0.29) is 17.9 Å². The van der Waals surface area contributed by atoms with Gasteiger partial charge in [-0.3, -0.25) is 14.4 Å². The minimum atomic E-state index is -0.788. The molecule has 0 unspecified atom stereocenters. The number of aromatic nitrogens is 2. The molecular formula is C18H23N3O4S2. The second-order valence-electron chi connectivity index (χ2n) is 6.38. The number of hydrogen-bond donors (Lipinski definition) is 2. The SMILES string of the molecule is CCNC(=O)[C@@H](C)OC(=O)CCSCc1nc2sc3c(c2c(=O)[nH]1)CCC3. The number of nitrogens with one attached hydrogen (secondary N) is 2. The van der Waals surface area contributed by atoms with Gasteiger partial charge in [-0.25, -0.2) is 4.98 Å². The standard InChI is InChI=1S/C18H23N3O4S2/c1-3-19-16(23)10(2)25-14(22)7-8-26-9-13-20-17(24)15-11-5-4-6-12(11)27-18(15)21-13/h10H,3-9H2,1-2H3,(H,19,23)(H,20,21,24)/t10-/m1/s1. The normalized spacial score (nSPS) is 14.1. The Morgan fingerprint density at radius 1 is 1.41 bits per heavy atom. The van der Waals surface area contributed by atoms with E-state index >= 15 is 0 Å². The van der Waals surface area contributed by atoms with Gasteiger partial charge >= 0.3 is 5.97 Å². The zero-order chi connectivity index (χ0) is 19.4. The van der Waals surface area contributed by atoms with Crippen LogP contribution in [0.3, 0.4) is 0 Å². The number of amides is 1. The molecule has 1 aliphatic carbocycles. The third kappa shape index (κ3) is 4.70. The number of carbonyl (C=O) groups is 2. The summed E-state index contributed by atoms with van der Waals surface area (Å²) < 4.78 is 5.09. The number of likely N-dealkylation sites (N-methyl/N-ethyl adjacent to an activating group) is 1. The molecule has 2 N–H and O–H groups in total. The highest BCUT2D eigenvalue weighted by atomic mass is 32.2. The number of aryl methyl sites for hydroxylation is 2. The number of thiophene rings is 1. The summed E-state index contributed by atoms with van der Waals surface area (Å²) in [6, 6.07) is 0. The van der Waals surface area contributed by atoms with Crippen molar-refractivity contribution < 1.29 is 14.3 Å². The van der Waals surface area contributed by atoms with Gasteiger partial charge in [0.05, 0.1) is 17.6 Å². The predicted octanol–water partition coefficient (Wildman–Crippen LogP) is 2.16. The van der Waals surface area contributed by atoms with E-state index in [1.54, 1.807) is 18.3 Å². The predicted molar refractivity (Wildman–Crippen MR) is 107 cm³/mol. The van der Waals surface area contributed by atoms with Crippen molar-refractivity contribution in [3.63, 3.8) is 0 Å². The molecule has 2 aromatic heterocycles. The van der Waals surface area contributed by atoms with Crippen LogP contribution in [0.1, 0.15) is 43.0 Å². The van der Waals surface area contributed by atoms with E-state index < -0.39 is 12.1 Å². The lowest BCUT2D eigenvalue weighted by atomic mass is 10.2. The number of nitrogens with zero attached hydrogens (tertiary/aromatic N) is 1. The number of fused-ring (bicyclic) bond motifs is 3.